The van der Waals surface area contributed by atoms with Gasteiger partial charge in [-0.2, -0.15) is 0 Å². The average molecular weight is 287 g/mol. The zero-order chi connectivity index (χ0) is 15.2. The predicted molar refractivity (Wildman–Crippen MR) is 85.4 cm³/mol. The monoisotopic (exact) mass is 287 g/mol. The molecule has 2 rings (SSSR count). The van der Waals surface area contributed by atoms with Crippen molar-refractivity contribution >= 4 is 11.5 Å². The number of halogens is 1. The summed E-state index contributed by atoms with van der Waals surface area (Å²) in [7, 11) is 1.90. The first-order valence-electron chi connectivity index (χ1n) is 7.27. The van der Waals surface area contributed by atoms with Gasteiger partial charge < -0.3 is 10.2 Å². The number of hydrogen-bond acceptors (Lipinski definition) is 3. The zero-order valence-electron chi connectivity index (χ0n) is 12.9. The quantitative estimate of drug-likeness (QED) is 0.819. The summed E-state index contributed by atoms with van der Waals surface area (Å²) in [6.45, 7) is 6.00. The van der Waals surface area contributed by atoms with Crippen LogP contribution >= 0.6 is 0 Å². The second-order valence-corrected chi connectivity index (χ2v) is 5.20. The molecular weight excluding hydrogens is 265 g/mol. The lowest BCUT2D eigenvalue weighted by molar-refractivity contribution is 0.628. The molecule has 21 heavy (non-hydrogen) atoms. The molecular formula is C17H22FN3. The summed E-state index contributed by atoms with van der Waals surface area (Å²) < 4.78 is 13.3. The molecule has 1 aromatic carbocycles. The first-order valence-corrected chi connectivity index (χ1v) is 7.27. The molecule has 0 fully saturated rings. The summed E-state index contributed by atoms with van der Waals surface area (Å²) in [4.78, 5) is 6.43. The van der Waals surface area contributed by atoms with Gasteiger partial charge in [-0.3, -0.25) is 0 Å². The van der Waals surface area contributed by atoms with Crippen LogP contribution in [0, 0.1) is 12.7 Å². The minimum atomic E-state index is -0.239. The highest BCUT2D eigenvalue weighted by molar-refractivity contribution is 5.62. The number of hydrogen-bond donors (Lipinski definition) is 1. The van der Waals surface area contributed by atoms with E-state index < -0.39 is 0 Å². The van der Waals surface area contributed by atoms with Crippen molar-refractivity contribution in [3.8, 4) is 0 Å². The molecule has 0 aliphatic carbocycles. The summed E-state index contributed by atoms with van der Waals surface area (Å²) in [5.41, 5.74) is 3.04. The first kappa shape index (κ1) is 15.4. The largest absolute Gasteiger partial charge is 0.329 e. The van der Waals surface area contributed by atoms with E-state index in [1.807, 2.05) is 31.1 Å². The van der Waals surface area contributed by atoms with Gasteiger partial charge >= 0.3 is 0 Å². The number of nitrogens with one attached hydrogen (secondary N) is 1. The van der Waals surface area contributed by atoms with Crippen molar-refractivity contribution in [3.63, 3.8) is 0 Å². The van der Waals surface area contributed by atoms with Crippen molar-refractivity contribution in [1.82, 2.24) is 10.3 Å². The topological polar surface area (TPSA) is 28.2 Å². The zero-order valence-corrected chi connectivity index (χ0v) is 12.9. The fourth-order valence-corrected chi connectivity index (χ4v) is 2.29. The van der Waals surface area contributed by atoms with Crippen molar-refractivity contribution in [3.05, 3.63) is 53.5 Å². The Balaban J connectivity index is 2.16. The number of rotatable bonds is 6. The van der Waals surface area contributed by atoms with E-state index in [4.69, 9.17) is 0 Å². The van der Waals surface area contributed by atoms with Gasteiger partial charge in [0.1, 0.15) is 11.6 Å². The van der Waals surface area contributed by atoms with Gasteiger partial charge in [0.2, 0.25) is 0 Å². The standard InChI is InChI=1S/C17H22FN3/c1-4-8-19-11-14-9-13(2)17(20-12-14)21(3)16-7-5-6-15(18)10-16/h5-7,9-10,12,19H,4,8,11H2,1-3H3. The molecule has 0 unspecified atom stereocenters. The van der Waals surface area contributed by atoms with Crippen LogP contribution in [0.2, 0.25) is 0 Å². The van der Waals surface area contributed by atoms with E-state index in [2.05, 4.69) is 23.3 Å². The van der Waals surface area contributed by atoms with E-state index >= 15 is 0 Å². The van der Waals surface area contributed by atoms with Gasteiger partial charge in [-0.1, -0.05) is 13.0 Å². The Morgan fingerprint density at radius 3 is 2.76 bits per heavy atom. The Bertz CT molecular complexity index is 598. The van der Waals surface area contributed by atoms with Crippen LogP contribution < -0.4 is 10.2 Å². The Morgan fingerprint density at radius 2 is 2.10 bits per heavy atom. The smallest absolute Gasteiger partial charge is 0.135 e. The summed E-state index contributed by atoms with van der Waals surface area (Å²) in [6, 6.07) is 8.67. The summed E-state index contributed by atoms with van der Waals surface area (Å²) in [5, 5.41) is 3.36. The summed E-state index contributed by atoms with van der Waals surface area (Å²) >= 11 is 0. The average Bonchev–Trinajstić information content (AvgIpc) is 2.47. The SMILES string of the molecule is CCCNCc1cnc(N(C)c2cccc(F)c2)c(C)c1. The van der Waals surface area contributed by atoms with Crippen LogP contribution in [0.3, 0.4) is 0 Å². The van der Waals surface area contributed by atoms with Gasteiger partial charge in [0.25, 0.3) is 0 Å². The van der Waals surface area contributed by atoms with Crippen LogP contribution in [-0.2, 0) is 6.54 Å². The molecule has 0 spiro atoms. The Morgan fingerprint density at radius 1 is 1.29 bits per heavy atom. The third-order valence-corrected chi connectivity index (χ3v) is 3.38. The molecule has 4 heteroatoms. The Labute approximate surface area is 125 Å². The highest BCUT2D eigenvalue weighted by Crippen LogP contribution is 2.25. The Hall–Kier alpha value is -1.94. The van der Waals surface area contributed by atoms with Crippen molar-refractivity contribution in [2.45, 2.75) is 26.8 Å². The lowest BCUT2D eigenvalue weighted by Crippen LogP contribution is -2.16. The molecule has 0 atom stereocenters. The van der Waals surface area contributed by atoms with Crippen molar-refractivity contribution < 1.29 is 4.39 Å². The molecule has 0 aliphatic heterocycles. The maximum atomic E-state index is 13.3. The Kier molecular flexibility index (Phi) is 5.28. The molecule has 0 aliphatic rings. The number of aromatic nitrogens is 1. The molecule has 1 aromatic heterocycles. The van der Waals surface area contributed by atoms with E-state index in [0.717, 1.165) is 42.1 Å². The van der Waals surface area contributed by atoms with Crippen LogP contribution in [0.25, 0.3) is 0 Å². The lowest BCUT2D eigenvalue weighted by Gasteiger charge is -2.21. The highest BCUT2D eigenvalue weighted by Gasteiger charge is 2.09. The van der Waals surface area contributed by atoms with Crippen LogP contribution in [0.4, 0.5) is 15.9 Å². The molecule has 2 aromatic rings. The van der Waals surface area contributed by atoms with E-state index in [1.54, 1.807) is 6.07 Å². The van der Waals surface area contributed by atoms with Gasteiger partial charge in [0.05, 0.1) is 0 Å². The number of anilines is 2. The maximum absolute atomic E-state index is 13.3. The summed E-state index contributed by atoms with van der Waals surface area (Å²) in [5.74, 6) is 0.609. The molecule has 0 amide bonds. The van der Waals surface area contributed by atoms with E-state index in [0.29, 0.717) is 0 Å². The van der Waals surface area contributed by atoms with Crippen molar-refractivity contribution in [1.29, 1.82) is 0 Å². The molecule has 0 bridgehead atoms. The number of aryl methyl sites for hydroxylation is 1. The van der Waals surface area contributed by atoms with Crippen LogP contribution in [0.1, 0.15) is 24.5 Å². The molecule has 0 saturated heterocycles. The van der Waals surface area contributed by atoms with Crippen LogP contribution in [0.15, 0.2) is 36.5 Å². The second kappa shape index (κ2) is 7.18. The first-order chi connectivity index (χ1) is 10.1. The molecule has 1 N–H and O–H groups in total. The predicted octanol–water partition coefficient (Wildman–Crippen LogP) is 3.80. The number of benzene rings is 1. The third kappa shape index (κ3) is 4.02. The van der Waals surface area contributed by atoms with Gasteiger partial charge in [-0.15, -0.1) is 0 Å². The fourth-order valence-electron chi connectivity index (χ4n) is 2.29. The van der Waals surface area contributed by atoms with E-state index in [-0.39, 0.29) is 5.82 Å². The van der Waals surface area contributed by atoms with Gasteiger partial charge in [0, 0.05) is 25.5 Å². The highest BCUT2D eigenvalue weighted by atomic mass is 19.1. The second-order valence-electron chi connectivity index (χ2n) is 5.20. The van der Waals surface area contributed by atoms with Gasteiger partial charge in [0.15, 0.2) is 0 Å². The minimum Gasteiger partial charge on any atom is -0.329 e. The molecule has 3 nitrogen and oxygen atoms in total. The molecule has 1 heterocycles. The molecule has 0 saturated carbocycles. The van der Waals surface area contributed by atoms with Gasteiger partial charge in [-0.25, -0.2) is 9.37 Å². The summed E-state index contributed by atoms with van der Waals surface area (Å²) in [6.07, 6.45) is 2.99. The van der Waals surface area contributed by atoms with E-state index in [9.17, 15) is 4.39 Å². The maximum Gasteiger partial charge on any atom is 0.135 e. The molecule has 112 valence electrons. The number of nitrogens with zero attached hydrogens (tertiary/aromatic N) is 2. The van der Waals surface area contributed by atoms with Crippen molar-refractivity contribution in [2.24, 2.45) is 0 Å². The lowest BCUT2D eigenvalue weighted by atomic mass is 10.2. The fraction of sp³-hybridized carbons (Fsp3) is 0.353. The van der Waals surface area contributed by atoms with Crippen molar-refractivity contribution in [2.75, 3.05) is 18.5 Å². The normalized spacial score (nSPS) is 10.7. The minimum absolute atomic E-state index is 0.239. The van der Waals surface area contributed by atoms with E-state index in [1.165, 1.54) is 12.1 Å². The molecule has 0 radical (unpaired) electrons. The van der Waals surface area contributed by atoms with Gasteiger partial charge in [-0.05, 0) is 55.3 Å². The number of pyridine rings is 1. The third-order valence-electron chi connectivity index (χ3n) is 3.38. The van der Waals surface area contributed by atoms with Crippen LogP contribution in [0.5, 0.6) is 0 Å². The van der Waals surface area contributed by atoms with Crippen LogP contribution in [-0.4, -0.2) is 18.6 Å².